The van der Waals surface area contributed by atoms with Crippen LogP contribution in [0.2, 0.25) is 0 Å². The molecule has 0 aliphatic rings. The summed E-state index contributed by atoms with van der Waals surface area (Å²) in [5.41, 5.74) is 5.84. The van der Waals surface area contributed by atoms with E-state index in [2.05, 4.69) is 14.7 Å². The minimum absolute atomic E-state index is 0.0310. The van der Waals surface area contributed by atoms with E-state index in [0.717, 1.165) is 6.26 Å². The lowest BCUT2D eigenvalue weighted by Gasteiger charge is -1.99. The number of carbonyl (C=O) groups is 1. The molecule has 0 saturated carbocycles. The van der Waals surface area contributed by atoms with Crippen LogP contribution in [-0.2, 0) is 4.74 Å². The van der Waals surface area contributed by atoms with Gasteiger partial charge in [0.15, 0.2) is 11.4 Å². The predicted octanol–water partition coefficient (Wildman–Crippen LogP) is 0.108. The monoisotopic (exact) mass is 253 g/mol. The molecular weight excluding hydrogens is 242 g/mol. The van der Waals surface area contributed by atoms with Crippen LogP contribution in [0.1, 0.15) is 22.4 Å². The molecule has 1 atom stereocenters. The molecule has 1 unspecified atom stereocenters. The Bertz CT molecular complexity index is 547. The SMILES string of the molecule is COC(=O)c1coc(-c2coc(C(N)CO)n2)n1. The quantitative estimate of drug-likeness (QED) is 0.735. The number of nitrogens with two attached hydrogens (primary N) is 1. The van der Waals surface area contributed by atoms with Gasteiger partial charge in [0.1, 0.15) is 18.6 Å². The number of hydrogen-bond donors (Lipinski definition) is 2. The van der Waals surface area contributed by atoms with E-state index >= 15 is 0 Å². The molecule has 0 fully saturated rings. The van der Waals surface area contributed by atoms with Crippen LogP contribution >= 0.6 is 0 Å². The molecule has 96 valence electrons. The number of aliphatic hydroxyl groups excluding tert-OH is 1. The van der Waals surface area contributed by atoms with Crippen LogP contribution in [0.25, 0.3) is 11.6 Å². The molecule has 2 rings (SSSR count). The van der Waals surface area contributed by atoms with Crippen molar-refractivity contribution in [1.82, 2.24) is 9.97 Å². The Kier molecular flexibility index (Phi) is 3.40. The van der Waals surface area contributed by atoms with Gasteiger partial charge in [-0.15, -0.1) is 0 Å². The second kappa shape index (κ2) is 4.98. The smallest absolute Gasteiger partial charge is 0.360 e. The van der Waals surface area contributed by atoms with Gasteiger partial charge in [-0.2, -0.15) is 0 Å². The second-order valence-electron chi connectivity index (χ2n) is 3.39. The number of hydrogen-bond acceptors (Lipinski definition) is 8. The molecule has 2 aromatic rings. The first-order chi connectivity index (χ1) is 8.65. The molecule has 3 N–H and O–H groups in total. The van der Waals surface area contributed by atoms with Crippen molar-refractivity contribution >= 4 is 5.97 Å². The topological polar surface area (TPSA) is 125 Å². The van der Waals surface area contributed by atoms with Crippen molar-refractivity contribution in [3.63, 3.8) is 0 Å². The molecule has 0 aromatic carbocycles. The summed E-state index contributed by atoms with van der Waals surface area (Å²) in [5.74, 6) is -0.346. The highest BCUT2D eigenvalue weighted by atomic mass is 16.5. The van der Waals surface area contributed by atoms with E-state index in [9.17, 15) is 4.79 Å². The van der Waals surface area contributed by atoms with Gasteiger partial charge in [0.25, 0.3) is 0 Å². The molecule has 0 bridgehead atoms. The van der Waals surface area contributed by atoms with Crippen LogP contribution < -0.4 is 5.73 Å². The van der Waals surface area contributed by atoms with Gasteiger partial charge in [-0.05, 0) is 0 Å². The van der Waals surface area contributed by atoms with Gasteiger partial charge in [0.2, 0.25) is 11.8 Å². The zero-order chi connectivity index (χ0) is 13.1. The molecule has 0 radical (unpaired) electrons. The highest BCUT2D eigenvalue weighted by Gasteiger charge is 2.18. The number of oxazole rings is 2. The number of methoxy groups -OCH3 is 1. The van der Waals surface area contributed by atoms with E-state index in [0.29, 0.717) is 0 Å². The van der Waals surface area contributed by atoms with E-state index in [-0.39, 0.29) is 29.8 Å². The normalized spacial score (nSPS) is 12.4. The van der Waals surface area contributed by atoms with Gasteiger partial charge in [-0.3, -0.25) is 0 Å². The average Bonchev–Trinajstić information content (AvgIpc) is 3.04. The van der Waals surface area contributed by atoms with Gasteiger partial charge in [-0.1, -0.05) is 0 Å². The minimum Gasteiger partial charge on any atom is -0.464 e. The Labute approximate surface area is 101 Å². The summed E-state index contributed by atoms with van der Waals surface area (Å²) in [6.45, 7) is -0.293. The highest BCUT2D eigenvalue weighted by Crippen LogP contribution is 2.20. The number of carbonyl (C=O) groups excluding carboxylic acids is 1. The van der Waals surface area contributed by atoms with Crippen LogP contribution in [0.15, 0.2) is 21.4 Å². The summed E-state index contributed by atoms with van der Waals surface area (Å²) in [4.78, 5) is 19.0. The molecule has 8 heteroatoms. The van der Waals surface area contributed by atoms with Crippen LogP contribution in [0.3, 0.4) is 0 Å². The first-order valence-corrected chi connectivity index (χ1v) is 5.01. The maximum Gasteiger partial charge on any atom is 0.360 e. The molecule has 0 saturated heterocycles. The molecule has 18 heavy (non-hydrogen) atoms. The van der Waals surface area contributed by atoms with Crippen molar-refractivity contribution in [2.75, 3.05) is 13.7 Å². The van der Waals surface area contributed by atoms with Crippen molar-refractivity contribution in [2.24, 2.45) is 5.73 Å². The van der Waals surface area contributed by atoms with E-state index in [1.54, 1.807) is 0 Å². The number of nitrogens with zero attached hydrogens (tertiary/aromatic N) is 2. The number of aromatic nitrogens is 2. The third-order valence-corrected chi connectivity index (χ3v) is 2.15. The lowest BCUT2D eigenvalue weighted by atomic mass is 10.3. The van der Waals surface area contributed by atoms with E-state index in [1.165, 1.54) is 13.4 Å². The van der Waals surface area contributed by atoms with Crippen LogP contribution in [0.5, 0.6) is 0 Å². The summed E-state index contributed by atoms with van der Waals surface area (Å²) in [7, 11) is 1.24. The fourth-order valence-electron chi connectivity index (χ4n) is 1.22. The van der Waals surface area contributed by atoms with Crippen molar-refractivity contribution in [3.05, 3.63) is 24.1 Å². The summed E-state index contributed by atoms with van der Waals surface area (Å²) in [6.07, 6.45) is 2.43. The van der Waals surface area contributed by atoms with Crippen molar-refractivity contribution in [2.45, 2.75) is 6.04 Å². The maximum atomic E-state index is 11.2. The van der Waals surface area contributed by atoms with Gasteiger partial charge >= 0.3 is 5.97 Å². The van der Waals surface area contributed by atoms with Crippen LogP contribution in [0, 0.1) is 0 Å². The van der Waals surface area contributed by atoms with Crippen molar-refractivity contribution in [3.8, 4) is 11.6 Å². The lowest BCUT2D eigenvalue weighted by molar-refractivity contribution is 0.0594. The Morgan fingerprint density at radius 2 is 2.28 bits per heavy atom. The average molecular weight is 253 g/mol. The first-order valence-electron chi connectivity index (χ1n) is 5.01. The second-order valence-corrected chi connectivity index (χ2v) is 3.39. The third-order valence-electron chi connectivity index (χ3n) is 2.15. The summed E-state index contributed by atoms with van der Waals surface area (Å²) < 4.78 is 14.6. The van der Waals surface area contributed by atoms with Crippen LogP contribution in [-0.4, -0.2) is 34.8 Å². The van der Waals surface area contributed by atoms with Gasteiger partial charge < -0.3 is 24.4 Å². The van der Waals surface area contributed by atoms with Gasteiger partial charge in [0.05, 0.1) is 13.7 Å². The number of aliphatic hydroxyl groups is 1. The van der Waals surface area contributed by atoms with Crippen molar-refractivity contribution < 1.29 is 23.5 Å². The van der Waals surface area contributed by atoms with E-state index in [4.69, 9.17) is 19.7 Å². The Morgan fingerprint density at radius 3 is 2.94 bits per heavy atom. The number of rotatable bonds is 4. The molecular formula is C10H11N3O5. The Hall–Kier alpha value is -2.19. The van der Waals surface area contributed by atoms with Crippen LogP contribution in [0.4, 0.5) is 0 Å². The first kappa shape index (κ1) is 12.3. The summed E-state index contributed by atoms with van der Waals surface area (Å²) in [6, 6.07) is -0.714. The van der Waals surface area contributed by atoms with E-state index in [1.807, 2.05) is 0 Å². The van der Waals surface area contributed by atoms with Gasteiger partial charge in [0, 0.05) is 0 Å². The molecule has 0 amide bonds. The number of ether oxygens (including phenoxy) is 1. The molecule has 0 aliphatic carbocycles. The lowest BCUT2D eigenvalue weighted by Crippen LogP contribution is -2.14. The minimum atomic E-state index is -0.714. The fourth-order valence-corrected chi connectivity index (χ4v) is 1.22. The predicted molar refractivity (Wildman–Crippen MR) is 57.4 cm³/mol. The summed E-state index contributed by atoms with van der Waals surface area (Å²) >= 11 is 0. The Balaban J connectivity index is 2.24. The zero-order valence-corrected chi connectivity index (χ0v) is 9.49. The number of esters is 1. The molecule has 0 aliphatic heterocycles. The highest BCUT2D eigenvalue weighted by molar-refractivity contribution is 5.87. The molecule has 0 spiro atoms. The fraction of sp³-hybridized carbons (Fsp3) is 0.300. The van der Waals surface area contributed by atoms with Gasteiger partial charge in [-0.25, -0.2) is 14.8 Å². The Morgan fingerprint density at radius 1 is 1.50 bits per heavy atom. The standard InChI is InChI=1S/C10H11N3O5/c1-16-10(15)7-4-18-9(13-7)6-3-17-8(12-6)5(11)2-14/h3-5,14H,2,11H2,1H3. The zero-order valence-electron chi connectivity index (χ0n) is 9.49. The summed E-state index contributed by atoms with van der Waals surface area (Å²) in [5, 5.41) is 8.85. The molecule has 2 heterocycles. The van der Waals surface area contributed by atoms with E-state index < -0.39 is 12.0 Å². The van der Waals surface area contributed by atoms with Crippen molar-refractivity contribution in [1.29, 1.82) is 0 Å². The molecule has 8 nitrogen and oxygen atoms in total. The molecule has 2 aromatic heterocycles. The largest absolute Gasteiger partial charge is 0.464 e. The third kappa shape index (κ3) is 2.24. The maximum absolute atomic E-state index is 11.2.